The van der Waals surface area contributed by atoms with E-state index in [4.69, 9.17) is 9.84 Å². The fourth-order valence-electron chi connectivity index (χ4n) is 1.80. The molecule has 116 valence electrons. The molecule has 0 bridgehead atoms. The molecule has 7 heteroatoms. The molecule has 1 heterocycles. The van der Waals surface area contributed by atoms with Gasteiger partial charge in [-0.05, 0) is 19.3 Å². The molecule has 0 spiro atoms. The molecule has 0 aliphatic heterocycles. The Morgan fingerprint density at radius 1 is 1.29 bits per heavy atom. The second-order valence-corrected chi connectivity index (χ2v) is 4.87. The summed E-state index contributed by atoms with van der Waals surface area (Å²) < 4.78 is 5.59. The van der Waals surface area contributed by atoms with Crippen LogP contribution in [0.5, 0.6) is 0 Å². The Morgan fingerprint density at radius 2 is 1.90 bits per heavy atom. The Balaban J connectivity index is 2.48. The summed E-state index contributed by atoms with van der Waals surface area (Å²) in [5, 5.41) is 11.4. The summed E-state index contributed by atoms with van der Waals surface area (Å²) in [5.74, 6) is -1.18. The summed E-state index contributed by atoms with van der Waals surface area (Å²) >= 11 is 0. The highest BCUT2D eigenvalue weighted by atomic mass is 16.5. The van der Waals surface area contributed by atoms with E-state index in [1.807, 2.05) is 6.92 Å². The quantitative estimate of drug-likeness (QED) is 0.750. The fraction of sp³-hybridized carbons (Fsp3) is 0.571. The number of carboxylic acid groups (broad SMARTS) is 1. The van der Waals surface area contributed by atoms with E-state index in [0.717, 1.165) is 12.4 Å². The zero-order valence-electron chi connectivity index (χ0n) is 12.5. The van der Waals surface area contributed by atoms with Crippen LogP contribution in [0.2, 0.25) is 0 Å². The smallest absolute Gasteiger partial charge is 0.356 e. The Bertz CT molecular complexity index is 474. The minimum absolute atomic E-state index is 0.0933. The van der Waals surface area contributed by atoms with Crippen molar-refractivity contribution in [1.29, 1.82) is 0 Å². The van der Waals surface area contributed by atoms with Crippen LogP contribution in [0.3, 0.4) is 0 Å². The van der Waals surface area contributed by atoms with Crippen molar-refractivity contribution in [2.24, 2.45) is 5.92 Å². The second kappa shape index (κ2) is 8.31. The standard InChI is InChI=1S/C14H21N3O4/c1-4-21-12(9(2)3)5-6-15-13(18)10-7-17-11(8-16-10)14(19)20/h7-9,12H,4-6H2,1-3H3,(H,15,18)(H,19,20). The van der Waals surface area contributed by atoms with Crippen molar-refractivity contribution in [2.75, 3.05) is 13.2 Å². The molecule has 0 aliphatic rings. The Hall–Kier alpha value is -2.02. The normalized spacial score (nSPS) is 12.2. The van der Waals surface area contributed by atoms with Crippen LogP contribution < -0.4 is 5.32 Å². The molecule has 1 unspecified atom stereocenters. The van der Waals surface area contributed by atoms with Gasteiger partial charge in [-0.25, -0.2) is 14.8 Å². The van der Waals surface area contributed by atoms with Crippen molar-refractivity contribution in [3.8, 4) is 0 Å². The van der Waals surface area contributed by atoms with Gasteiger partial charge < -0.3 is 15.2 Å². The maximum atomic E-state index is 11.8. The highest BCUT2D eigenvalue weighted by Gasteiger charge is 2.15. The van der Waals surface area contributed by atoms with Crippen molar-refractivity contribution in [1.82, 2.24) is 15.3 Å². The van der Waals surface area contributed by atoms with Gasteiger partial charge in [0.05, 0.1) is 18.5 Å². The topological polar surface area (TPSA) is 101 Å². The van der Waals surface area contributed by atoms with Crippen LogP contribution in [0.1, 0.15) is 48.2 Å². The average molecular weight is 295 g/mol. The monoisotopic (exact) mass is 295 g/mol. The third-order valence-electron chi connectivity index (χ3n) is 2.94. The van der Waals surface area contributed by atoms with E-state index in [0.29, 0.717) is 25.5 Å². The predicted molar refractivity (Wildman–Crippen MR) is 76.2 cm³/mol. The first-order valence-corrected chi connectivity index (χ1v) is 6.90. The molecule has 7 nitrogen and oxygen atoms in total. The highest BCUT2D eigenvalue weighted by molar-refractivity contribution is 5.92. The summed E-state index contributed by atoms with van der Waals surface area (Å²) in [6, 6.07) is 0. The van der Waals surface area contributed by atoms with E-state index in [1.165, 1.54) is 0 Å². The number of carboxylic acids is 1. The molecule has 1 aromatic rings. The van der Waals surface area contributed by atoms with E-state index in [2.05, 4.69) is 29.1 Å². The molecule has 1 amide bonds. The van der Waals surface area contributed by atoms with Crippen molar-refractivity contribution < 1.29 is 19.4 Å². The van der Waals surface area contributed by atoms with Gasteiger partial charge in [0.15, 0.2) is 5.69 Å². The number of amides is 1. The van der Waals surface area contributed by atoms with Crippen LogP contribution in [0.15, 0.2) is 12.4 Å². The third kappa shape index (κ3) is 5.47. The lowest BCUT2D eigenvalue weighted by Crippen LogP contribution is -2.30. The second-order valence-electron chi connectivity index (χ2n) is 4.87. The van der Waals surface area contributed by atoms with Gasteiger partial charge in [0.1, 0.15) is 5.69 Å². The summed E-state index contributed by atoms with van der Waals surface area (Å²) in [7, 11) is 0. The van der Waals surface area contributed by atoms with Crippen molar-refractivity contribution in [3.05, 3.63) is 23.8 Å². The van der Waals surface area contributed by atoms with Gasteiger partial charge in [0.25, 0.3) is 5.91 Å². The van der Waals surface area contributed by atoms with Crippen LogP contribution in [-0.2, 0) is 4.74 Å². The molecule has 1 aromatic heterocycles. The average Bonchev–Trinajstić information content (AvgIpc) is 2.46. The molecule has 1 rings (SSSR count). The Labute approximate surface area is 123 Å². The Morgan fingerprint density at radius 3 is 2.38 bits per heavy atom. The van der Waals surface area contributed by atoms with E-state index in [1.54, 1.807) is 0 Å². The SMILES string of the molecule is CCOC(CCNC(=O)c1cnc(C(=O)O)cn1)C(C)C. The van der Waals surface area contributed by atoms with E-state index >= 15 is 0 Å². The number of rotatable bonds is 8. The lowest BCUT2D eigenvalue weighted by Gasteiger charge is -2.20. The minimum Gasteiger partial charge on any atom is -0.476 e. The molecule has 0 saturated heterocycles. The lowest BCUT2D eigenvalue weighted by atomic mass is 10.0. The molecule has 0 radical (unpaired) electrons. The van der Waals surface area contributed by atoms with Gasteiger partial charge in [-0.3, -0.25) is 4.79 Å². The molecule has 0 aliphatic carbocycles. The Kier molecular flexibility index (Phi) is 6.74. The minimum atomic E-state index is -1.18. The lowest BCUT2D eigenvalue weighted by molar-refractivity contribution is 0.0251. The highest BCUT2D eigenvalue weighted by Crippen LogP contribution is 2.10. The van der Waals surface area contributed by atoms with Gasteiger partial charge in [-0.15, -0.1) is 0 Å². The number of aromatic nitrogens is 2. The van der Waals surface area contributed by atoms with Crippen molar-refractivity contribution >= 4 is 11.9 Å². The summed E-state index contributed by atoms with van der Waals surface area (Å²) in [5.41, 5.74) is -0.0970. The molecule has 1 atom stereocenters. The maximum Gasteiger partial charge on any atom is 0.356 e. The van der Waals surface area contributed by atoms with Crippen LogP contribution in [0.4, 0.5) is 0 Å². The zero-order valence-corrected chi connectivity index (χ0v) is 12.5. The van der Waals surface area contributed by atoms with Gasteiger partial charge in [-0.2, -0.15) is 0 Å². The molecular weight excluding hydrogens is 274 g/mol. The van der Waals surface area contributed by atoms with E-state index in [-0.39, 0.29) is 23.4 Å². The molecule has 2 N–H and O–H groups in total. The van der Waals surface area contributed by atoms with Crippen LogP contribution in [0, 0.1) is 5.92 Å². The number of hydrogen-bond donors (Lipinski definition) is 2. The number of aromatic carboxylic acids is 1. The number of ether oxygens (including phenoxy) is 1. The molecular formula is C14H21N3O4. The largest absolute Gasteiger partial charge is 0.476 e. The van der Waals surface area contributed by atoms with Gasteiger partial charge in [0, 0.05) is 13.2 Å². The summed E-state index contributed by atoms with van der Waals surface area (Å²) in [6.45, 7) is 7.17. The number of hydrogen-bond acceptors (Lipinski definition) is 5. The van der Waals surface area contributed by atoms with Crippen LogP contribution in [0.25, 0.3) is 0 Å². The van der Waals surface area contributed by atoms with E-state index in [9.17, 15) is 9.59 Å². The van der Waals surface area contributed by atoms with Crippen molar-refractivity contribution in [2.45, 2.75) is 33.3 Å². The third-order valence-corrected chi connectivity index (χ3v) is 2.94. The van der Waals surface area contributed by atoms with Crippen molar-refractivity contribution in [3.63, 3.8) is 0 Å². The summed E-state index contributed by atoms with van der Waals surface area (Å²) in [4.78, 5) is 29.9. The maximum absolute atomic E-state index is 11.8. The number of nitrogens with one attached hydrogen (secondary N) is 1. The molecule has 0 saturated carbocycles. The van der Waals surface area contributed by atoms with Gasteiger partial charge >= 0.3 is 5.97 Å². The number of nitrogens with zero attached hydrogens (tertiary/aromatic N) is 2. The molecule has 21 heavy (non-hydrogen) atoms. The zero-order chi connectivity index (χ0) is 15.8. The first kappa shape index (κ1) is 17.0. The first-order chi connectivity index (χ1) is 9.95. The van der Waals surface area contributed by atoms with Gasteiger partial charge in [-0.1, -0.05) is 13.8 Å². The van der Waals surface area contributed by atoms with Gasteiger partial charge in [0.2, 0.25) is 0 Å². The van der Waals surface area contributed by atoms with Crippen LogP contribution in [-0.4, -0.2) is 46.2 Å². The van der Waals surface area contributed by atoms with Crippen LogP contribution >= 0.6 is 0 Å². The summed E-state index contributed by atoms with van der Waals surface area (Å²) in [6.07, 6.45) is 3.02. The fourth-order valence-corrected chi connectivity index (χ4v) is 1.80. The molecule has 0 aromatic carbocycles. The predicted octanol–water partition coefficient (Wildman–Crippen LogP) is 1.36. The van der Waals surface area contributed by atoms with E-state index < -0.39 is 5.97 Å². The number of carbonyl (C=O) groups is 2. The molecule has 0 fully saturated rings. The number of carbonyl (C=O) groups excluding carboxylic acids is 1. The first-order valence-electron chi connectivity index (χ1n) is 6.90.